The van der Waals surface area contributed by atoms with Gasteiger partial charge >= 0.3 is 0 Å². The summed E-state index contributed by atoms with van der Waals surface area (Å²) in [6, 6.07) is 0. The maximum absolute atomic E-state index is 2.04. The topological polar surface area (TPSA) is 0 Å². The molecule has 1 saturated heterocycles. The Morgan fingerprint density at radius 2 is 1.00 bits per heavy atom. The molecule has 1 heterocycles. The molecule has 2 aliphatic rings. The van der Waals surface area contributed by atoms with E-state index in [1.807, 2.05) is 11.8 Å². The zero-order valence-corrected chi connectivity index (χ0v) is 5.47. The molecule has 0 atom stereocenters. The van der Waals surface area contributed by atoms with Gasteiger partial charge in [-0.05, 0) is 17.9 Å². The summed E-state index contributed by atoms with van der Waals surface area (Å²) in [5.41, 5.74) is 0. The summed E-state index contributed by atoms with van der Waals surface area (Å²) < 4.78 is 0. The van der Waals surface area contributed by atoms with E-state index in [2.05, 4.69) is 0 Å². The van der Waals surface area contributed by atoms with Gasteiger partial charge in [0, 0.05) is 0 Å². The van der Waals surface area contributed by atoms with Gasteiger partial charge < -0.3 is 0 Å². The molecule has 42 valence electrons. The van der Waals surface area contributed by atoms with E-state index in [0.29, 0.717) is 0 Å². The molecule has 0 bridgehead atoms. The first kappa shape index (κ1) is 5.49. The van der Waals surface area contributed by atoms with Crippen molar-refractivity contribution in [2.45, 2.75) is 25.7 Å². The second kappa shape index (κ2) is 3.36. The van der Waals surface area contributed by atoms with E-state index in [-0.39, 0.29) is 0 Å². The van der Waals surface area contributed by atoms with E-state index in [0.717, 1.165) is 0 Å². The molecule has 0 aromatic carbocycles. The molecule has 1 saturated carbocycles. The quantitative estimate of drug-likeness (QED) is 0.468. The van der Waals surface area contributed by atoms with Crippen molar-refractivity contribution in [2.24, 2.45) is 0 Å². The van der Waals surface area contributed by atoms with Crippen LogP contribution in [-0.2, 0) is 0 Å². The first-order valence-electron chi connectivity index (χ1n) is 3.08. The highest BCUT2D eigenvalue weighted by Gasteiger charge is 1.95. The molecule has 7 heavy (non-hydrogen) atoms. The van der Waals surface area contributed by atoms with Crippen LogP contribution in [0.1, 0.15) is 25.7 Å². The van der Waals surface area contributed by atoms with Crippen molar-refractivity contribution in [1.29, 1.82) is 0 Å². The Morgan fingerprint density at radius 1 is 0.714 bits per heavy atom. The van der Waals surface area contributed by atoms with E-state index in [4.69, 9.17) is 0 Å². The summed E-state index contributed by atoms with van der Waals surface area (Å²) in [5.74, 6) is 2.83. The smallest absolute Gasteiger partial charge is 0.00597 e. The average molecular weight is 116 g/mol. The monoisotopic (exact) mass is 116 g/mol. The Bertz CT molecular complexity index is 30.7. The Morgan fingerprint density at radius 3 is 1.00 bits per heavy atom. The summed E-state index contributed by atoms with van der Waals surface area (Å²) in [5, 5.41) is 0. The van der Waals surface area contributed by atoms with Gasteiger partial charge in [0.1, 0.15) is 0 Å². The van der Waals surface area contributed by atoms with Crippen molar-refractivity contribution >= 4 is 11.8 Å². The van der Waals surface area contributed by atoms with Crippen LogP contribution in [0.4, 0.5) is 0 Å². The summed E-state index contributed by atoms with van der Waals surface area (Å²) in [6.07, 6.45) is 5.96. The van der Waals surface area contributed by atoms with Crippen molar-refractivity contribution in [3.63, 3.8) is 0 Å². The number of thioether (sulfide) groups is 1. The van der Waals surface area contributed by atoms with Crippen molar-refractivity contribution in [3.05, 3.63) is 0 Å². The van der Waals surface area contributed by atoms with Gasteiger partial charge in [-0.15, -0.1) is 0 Å². The van der Waals surface area contributed by atoms with Crippen molar-refractivity contribution < 1.29 is 0 Å². The molecule has 0 radical (unpaired) electrons. The molecular formula is C6H12S. The van der Waals surface area contributed by atoms with Gasteiger partial charge in [-0.2, -0.15) is 11.8 Å². The summed E-state index contributed by atoms with van der Waals surface area (Å²) in [4.78, 5) is 0. The highest BCUT2D eigenvalue weighted by atomic mass is 32.2. The van der Waals surface area contributed by atoms with E-state index < -0.39 is 0 Å². The van der Waals surface area contributed by atoms with Crippen LogP contribution in [0, 0.1) is 0 Å². The predicted octanol–water partition coefficient (Wildman–Crippen LogP) is 2.29. The van der Waals surface area contributed by atoms with Gasteiger partial charge in [-0.25, -0.2) is 0 Å². The highest BCUT2D eigenvalue weighted by Crippen LogP contribution is 2.15. The van der Waals surface area contributed by atoms with Gasteiger partial charge in [-0.1, -0.05) is 19.3 Å². The lowest BCUT2D eigenvalue weighted by Crippen LogP contribution is -1.94. The Labute approximate surface area is 49.7 Å². The van der Waals surface area contributed by atoms with Crippen LogP contribution in [0.3, 0.4) is 0 Å². The minimum Gasteiger partial charge on any atom is -0.162 e. The summed E-state index contributed by atoms with van der Waals surface area (Å²) >= 11 is 2.04. The van der Waals surface area contributed by atoms with Gasteiger partial charge in [0.15, 0.2) is 0 Å². The third-order valence-corrected chi connectivity index (χ3v) is 2.09. The fourth-order valence-electron chi connectivity index (χ4n) is 0.144. The second-order valence-corrected chi connectivity index (χ2v) is 3.25. The molecule has 1 aliphatic heterocycles. The number of hydrogen-bond acceptors (Lipinski definition) is 1. The molecule has 0 aromatic rings. The SMILES string of the molecule is C1CC1.C1CSC1. The molecule has 2 fully saturated rings. The lowest BCUT2D eigenvalue weighted by molar-refractivity contribution is 1.06. The lowest BCUT2D eigenvalue weighted by atomic mass is 10.6. The second-order valence-electron chi connectivity index (χ2n) is 2.03. The predicted molar refractivity (Wildman–Crippen MR) is 35.8 cm³/mol. The van der Waals surface area contributed by atoms with Crippen molar-refractivity contribution in [1.82, 2.24) is 0 Å². The molecule has 0 aromatic heterocycles. The van der Waals surface area contributed by atoms with Crippen LogP contribution >= 0.6 is 11.8 Å². The summed E-state index contributed by atoms with van der Waals surface area (Å²) in [6.45, 7) is 0. The minimum absolute atomic E-state index is 1.42. The fourth-order valence-corrected chi connectivity index (χ4v) is 0.433. The largest absolute Gasteiger partial charge is 0.162 e. The number of hydrogen-bond donors (Lipinski definition) is 0. The van der Waals surface area contributed by atoms with Crippen LogP contribution in [0.2, 0.25) is 0 Å². The maximum atomic E-state index is 2.04. The Balaban J connectivity index is 0.0000000729. The molecule has 0 unspecified atom stereocenters. The van der Waals surface area contributed by atoms with Gasteiger partial charge in [-0.3, -0.25) is 0 Å². The first-order valence-corrected chi connectivity index (χ1v) is 4.23. The average Bonchev–Trinajstić information content (AvgIpc) is 1.95. The maximum Gasteiger partial charge on any atom is -0.00597 e. The van der Waals surface area contributed by atoms with Crippen molar-refractivity contribution in [2.75, 3.05) is 11.5 Å². The highest BCUT2D eigenvalue weighted by molar-refractivity contribution is 8.00. The normalized spacial score (nSPS) is 24.0. The lowest BCUT2D eigenvalue weighted by Gasteiger charge is -2.05. The molecular weight excluding hydrogens is 104 g/mol. The Hall–Kier alpha value is 0.350. The zero-order chi connectivity index (χ0) is 4.95. The van der Waals surface area contributed by atoms with E-state index in [1.54, 1.807) is 0 Å². The molecule has 1 aliphatic carbocycles. The minimum atomic E-state index is 1.42. The molecule has 2 rings (SSSR count). The third kappa shape index (κ3) is 4.20. The Kier molecular flexibility index (Phi) is 2.64. The standard InChI is InChI=1S/C3H6S.C3H6/c1-2-4-3-1;1-2-3-1/h1-3H2;1-3H2. The van der Waals surface area contributed by atoms with Crippen LogP contribution in [0.15, 0.2) is 0 Å². The van der Waals surface area contributed by atoms with E-state index in [1.165, 1.54) is 37.2 Å². The van der Waals surface area contributed by atoms with Crippen LogP contribution < -0.4 is 0 Å². The van der Waals surface area contributed by atoms with Crippen LogP contribution in [0.25, 0.3) is 0 Å². The summed E-state index contributed by atoms with van der Waals surface area (Å²) in [7, 11) is 0. The molecule has 0 spiro atoms. The van der Waals surface area contributed by atoms with Crippen LogP contribution in [0.5, 0.6) is 0 Å². The van der Waals surface area contributed by atoms with E-state index >= 15 is 0 Å². The first-order chi connectivity index (χ1) is 3.50. The van der Waals surface area contributed by atoms with Gasteiger partial charge in [0.2, 0.25) is 0 Å². The zero-order valence-electron chi connectivity index (χ0n) is 4.65. The van der Waals surface area contributed by atoms with Crippen molar-refractivity contribution in [3.8, 4) is 0 Å². The number of rotatable bonds is 0. The molecule has 0 amide bonds. The molecule has 0 N–H and O–H groups in total. The molecule has 1 heteroatoms. The van der Waals surface area contributed by atoms with Crippen LogP contribution in [-0.4, -0.2) is 11.5 Å². The van der Waals surface area contributed by atoms with Gasteiger partial charge in [0.05, 0.1) is 0 Å². The van der Waals surface area contributed by atoms with Gasteiger partial charge in [0.25, 0.3) is 0 Å². The third-order valence-electron chi connectivity index (χ3n) is 0.931. The molecule has 0 nitrogen and oxygen atoms in total. The fraction of sp³-hybridized carbons (Fsp3) is 1.00. The van der Waals surface area contributed by atoms with E-state index in [9.17, 15) is 0 Å².